The molecule has 0 saturated heterocycles. The molecular formula is C7H16Na2O8P2. The van der Waals surface area contributed by atoms with Crippen molar-refractivity contribution in [3.63, 3.8) is 0 Å². The predicted molar refractivity (Wildman–Crippen MR) is 71.5 cm³/mol. The minimum absolute atomic E-state index is 0. The molecule has 19 heavy (non-hydrogen) atoms. The Labute approximate surface area is 154 Å². The van der Waals surface area contributed by atoms with Crippen LogP contribution in [0.4, 0.5) is 0 Å². The fraction of sp³-hybridized carbons (Fsp3) is 0.714. The van der Waals surface area contributed by atoms with Crippen LogP contribution in [-0.2, 0) is 18.7 Å². The summed E-state index contributed by atoms with van der Waals surface area (Å²) in [5.74, 6) is 0. The summed E-state index contributed by atoms with van der Waals surface area (Å²) in [7, 11) is -9.36. The van der Waals surface area contributed by atoms with E-state index in [1.165, 1.54) is 0 Å². The van der Waals surface area contributed by atoms with E-state index in [2.05, 4.69) is 0 Å². The maximum absolute atomic E-state index is 10.8. The molecule has 0 aliphatic rings. The number of unbranched alkanes of at least 4 members (excludes halogenated alkanes) is 2. The quantitative estimate of drug-likeness (QED) is 0.252. The Hall–Kier alpha value is 1.64. The van der Waals surface area contributed by atoms with Crippen LogP contribution in [0.2, 0.25) is 0 Å². The van der Waals surface area contributed by atoms with Crippen molar-refractivity contribution in [2.24, 2.45) is 0 Å². The second kappa shape index (κ2) is 11.2. The molecule has 0 aromatic heterocycles. The zero-order chi connectivity index (χ0) is 13.7. The summed E-state index contributed by atoms with van der Waals surface area (Å²) >= 11 is 0. The Balaban J connectivity index is -0.00000128. The summed E-state index contributed by atoms with van der Waals surface area (Å²) in [6, 6.07) is 0. The van der Waals surface area contributed by atoms with Crippen LogP contribution in [0.1, 0.15) is 32.1 Å². The van der Waals surface area contributed by atoms with Gasteiger partial charge in [-0.3, -0.25) is 18.7 Å². The molecule has 0 aromatic rings. The van der Waals surface area contributed by atoms with Crippen molar-refractivity contribution >= 4 is 85.4 Å². The van der Waals surface area contributed by atoms with E-state index in [4.69, 9.17) is 19.6 Å². The number of carbonyl (C=O) groups is 2. The van der Waals surface area contributed by atoms with Crippen molar-refractivity contribution in [1.29, 1.82) is 0 Å². The predicted octanol–water partition coefficient (Wildman–Crippen LogP) is -0.952. The van der Waals surface area contributed by atoms with Crippen LogP contribution in [0, 0.1) is 0 Å². The van der Waals surface area contributed by atoms with Gasteiger partial charge >= 0.3 is 74.3 Å². The number of hydrogen-bond acceptors (Lipinski definition) is 4. The Morgan fingerprint density at radius 2 is 0.947 bits per heavy atom. The monoisotopic (exact) mass is 336 g/mol. The molecule has 0 saturated carbocycles. The van der Waals surface area contributed by atoms with Crippen LogP contribution in [0.15, 0.2) is 0 Å². The van der Waals surface area contributed by atoms with E-state index in [1.54, 1.807) is 0 Å². The van der Waals surface area contributed by atoms with Gasteiger partial charge in [-0.1, -0.05) is 6.42 Å². The van der Waals surface area contributed by atoms with Crippen molar-refractivity contribution in [3.8, 4) is 0 Å². The van der Waals surface area contributed by atoms with Gasteiger partial charge in [0.1, 0.15) is 0 Å². The zero-order valence-electron chi connectivity index (χ0n) is 8.85. The molecular weight excluding hydrogens is 320 g/mol. The van der Waals surface area contributed by atoms with Gasteiger partial charge in [0.15, 0.2) is 0 Å². The molecule has 0 aromatic carbocycles. The Morgan fingerprint density at radius 1 is 0.684 bits per heavy atom. The van der Waals surface area contributed by atoms with E-state index in [-0.39, 0.29) is 91.2 Å². The summed E-state index contributed by atoms with van der Waals surface area (Å²) in [6.07, 6.45) is -0.00297. The third-order valence-corrected chi connectivity index (χ3v) is 3.68. The first-order valence-electron chi connectivity index (χ1n) is 4.73. The molecule has 8 nitrogen and oxygen atoms in total. The second-order valence-corrected chi connectivity index (χ2v) is 6.61. The van der Waals surface area contributed by atoms with Crippen LogP contribution in [-0.4, -0.2) is 89.7 Å². The number of rotatable bonds is 8. The van der Waals surface area contributed by atoms with Gasteiger partial charge in [0, 0.05) is 12.8 Å². The number of hydrogen-bond donors (Lipinski definition) is 4. The SMILES string of the molecule is O=C(CCCCCC(=O)P(=O)(O)O)P(=O)(O)O.[NaH].[NaH]. The fourth-order valence-electron chi connectivity index (χ4n) is 1.02. The number of carbonyl (C=O) groups excluding carboxylic acids is 2. The summed E-state index contributed by atoms with van der Waals surface area (Å²) in [4.78, 5) is 55.3. The molecule has 0 unspecified atom stereocenters. The van der Waals surface area contributed by atoms with Gasteiger partial charge in [0.25, 0.3) is 0 Å². The molecule has 0 amide bonds. The van der Waals surface area contributed by atoms with Gasteiger partial charge in [-0.15, -0.1) is 0 Å². The van der Waals surface area contributed by atoms with Gasteiger partial charge in [-0.05, 0) is 12.8 Å². The topological polar surface area (TPSA) is 149 Å². The molecule has 0 rings (SSSR count). The Kier molecular flexibility index (Phi) is 15.1. The van der Waals surface area contributed by atoms with Gasteiger partial charge in [0.05, 0.1) is 0 Å². The molecule has 0 spiro atoms. The van der Waals surface area contributed by atoms with E-state index >= 15 is 0 Å². The van der Waals surface area contributed by atoms with E-state index in [1.807, 2.05) is 0 Å². The average molecular weight is 336 g/mol. The molecule has 0 radical (unpaired) electrons. The normalized spacial score (nSPS) is 11.2. The summed E-state index contributed by atoms with van der Waals surface area (Å²) in [6.45, 7) is 0. The van der Waals surface area contributed by atoms with Crippen LogP contribution in [0.5, 0.6) is 0 Å². The maximum atomic E-state index is 10.8. The molecule has 0 heterocycles. The van der Waals surface area contributed by atoms with Crippen molar-refractivity contribution in [1.82, 2.24) is 0 Å². The standard InChI is InChI=1S/C7H14O8P2.2Na.2H/c8-6(16(10,11)12)4-2-1-3-5-7(9)17(13,14)15;;;;/h1-5H2,(H2,10,11,12)(H2,13,14,15);;;;. The molecule has 0 fully saturated rings. The third kappa shape index (κ3) is 13.1. The van der Waals surface area contributed by atoms with Gasteiger partial charge in [-0.25, -0.2) is 0 Å². The summed E-state index contributed by atoms with van der Waals surface area (Å²) < 4.78 is 20.8. The van der Waals surface area contributed by atoms with Crippen molar-refractivity contribution < 1.29 is 38.3 Å². The van der Waals surface area contributed by atoms with Gasteiger partial charge < -0.3 is 19.6 Å². The third-order valence-electron chi connectivity index (χ3n) is 1.93. The van der Waals surface area contributed by atoms with Crippen molar-refractivity contribution in [3.05, 3.63) is 0 Å². The molecule has 0 atom stereocenters. The zero-order valence-corrected chi connectivity index (χ0v) is 10.6. The van der Waals surface area contributed by atoms with Crippen molar-refractivity contribution in [2.45, 2.75) is 32.1 Å². The average Bonchev–Trinajstić information content (AvgIpc) is 2.13. The van der Waals surface area contributed by atoms with Crippen LogP contribution in [0.3, 0.4) is 0 Å². The molecule has 0 bridgehead atoms. The van der Waals surface area contributed by atoms with E-state index in [9.17, 15) is 18.7 Å². The minimum atomic E-state index is -4.68. The first kappa shape index (κ1) is 25.6. The first-order chi connectivity index (χ1) is 7.55. The van der Waals surface area contributed by atoms with Crippen LogP contribution in [0.25, 0.3) is 0 Å². The van der Waals surface area contributed by atoms with Crippen LogP contribution < -0.4 is 0 Å². The molecule has 4 N–H and O–H groups in total. The Bertz CT molecular complexity index is 351. The van der Waals surface area contributed by atoms with E-state index < -0.39 is 26.2 Å². The fourth-order valence-corrected chi connectivity index (χ4v) is 1.92. The summed E-state index contributed by atoms with van der Waals surface area (Å²) in [5.41, 5.74) is -2.34. The first-order valence-corrected chi connectivity index (χ1v) is 7.95. The van der Waals surface area contributed by atoms with E-state index in [0.29, 0.717) is 0 Å². The molecule has 12 heteroatoms. The van der Waals surface area contributed by atoms with Crippen LogP contribution >= 0.6 is 15.2 Å². The van der Waals surface area contributed by atoms with Crippen molar-refractivity contribution in [2.75, 3.05) is 0 Å². The van der Waals surface area contributed by atoms with E-state index in [0.717, 1.165) is 0 Å². The molecule has 0 aliphatic heterocycles. The van der Waals surface area contributed by atoms with Gasteiger partial charge in [0.2, 0.25) is 11.0 Å². The molecule has 104 valence electrons. The molecule has 0 aliphatic carbocycles. The second-order valence-electron chi connectivity index (χ2n) is 3.44. The summed E-state index contributed by atoms with van der Waals surface area (Å²) in [5, 5.41) is 0. The Morgan fingerprint density at radius 3 is 1.16 bits per heavy atom. The van der Waals surface area contributed by atoms with Gasteiger partial charge in [-0.2, -0.15) is 0 Å².